The second-order valence-electron chi connectivity index (χ2n) is 4.39. The Bertz CT molecular complexity index is 373. The lowest BCUT2D eigenvalue weighted by molar-refractivity contribution is -0.142. The molecule has 0 saturated heterocycles. The zero-order valence-electron chi connectivity index (χ0n) is 10.1. The Labute approximate surface area is 104 Å². The van der Waals surface area contributed by atoms with E-state index in [9.17, 15) is 4.79 Å². The standard InChI is InChI=1S/C10H16N2O4S/c1-10(2,3)17-6-7-11-8(16-12-7)4-15-5-9(13)14/h4-6H2,1-3H3,(H,13,14). The average molecular weight is 260 g/mol. The van der Waals surface area contributed by atoms with Crippen LogP contribution in [-0.2, 0) is 21.9 Å². The Morgan fingerprint density at radius 3 is 2.82 bits per heavy atom. The van der Waals surface area contributed by atoms with Gasteiger partial charge in [-0.1, -0.05) is 25.9 Å². The molecule has 0 saturated carbocycles. The van der Waals surface area contributed by atoms with Crippen LogP contribution < -0.4 is 0 Å². The minimum absolute atomic E-state index is 0.0273. The van der Waals surface area contributed by atoms with Gasteiger partial charge >= 0.3 is 5.97 Å². The van der Waals surface area contributed by atoms with Crippen molar-refractivity contribution in [1.82, 2.24) is 10.1 Å². The van der Waals surface area contributed by atoms with Crippen LogP contribution in [0.25, 0.3) is 0 Å². The molecule has 1 aromatic heterocycles. The molecule has 0 bridgehead atoms. The number of aromatic nitrogens is 2. The second kappa shape index (κ2) is 6.02. The first-order valence-electron chi connectivity index (χ1n) is 5.12. The second-order valence-corrected chi connectivity index (χ2v) is 6.19. The summed E-state index contributed by atoms with van der Waals surface area (Å²) in [6.45, 7) is 5.98. The van der Waals surface area contributed by atoms with Crippen LogP contribution in [0.5, 0.6) is 0 Å². The van der Waals surface area contributed by atoms with Gasteiger partial charge < -0.3 is 14.4 Å². The number of carboxylic acids is 1. The molecule has 0 aliphatic rings. The Morgan fingerprint density at radius 2 is 2.24 bits per heavy atom. The molecule has 1 aromatic rings. The minimum atomic E-state index is -1.02. The molecule has 6 nitrogen and oxygen atoms in total. The van der Waals surface area contributed by atoms with Crippen molar-refractivity contribution in [1.29, 1.82) is 0 Å². The highest BCUT2D eigenvalue weighted by Gasteiger charge is 2.14. The van der Waals surface area contributed by atoms with E-state index in [0.29, 0.717) is 17.5 Å². The van der Waals surface area contributed by atoms with Gasteiger partial charge in [0, 0.05) is 4.75 Å². The lowest BCUT2D eigenvalue weighted by Gasteiger charge is -2.15. The Balaban J connectivity index is 2.35. The summed E-state index contributed by atoms with van der Waals surface area (Å²) in [6, 6.07) is 0. The SMILES string of the molecule is CC(C)(C)SCc1noc(COCC(=O)O)n1. The predicted octanol–water partition coefficient (Wildman–Crippen LogP) is 1.70. The fourth-order valence-electron chi connectivity index (χ4n) is 0.914. The summed E-state index contributed by atoms with van der Waals surface area (Å²) in [7, 11) is 0. The van der Waals surface area contributed by atoms with Gasteiger partial charge in [-0.15, -0.1) is 11.8 Å². The van der Waals surface area contributed by atoms with E-state index < -0.39 is 5.97 Å². The molecule has 17 heavy (non-hydrogen) atoms. The Hall–Kier alpha value is -1.08. The van der Waals surface area contributed by atoms with Gasteiger partial charge in [-0.25, -0.2) is 4.79 Å². The molecule has 0 amide bonds. The van der Waals surface area contributed by atoms with E-state index in [1.807, 2.05) is 0 Å². The normalized spacial score (nSPS) is 11.7. The summed E-state index contributed by atoms with van der Waals surface area (Å²) < 4.78 is 9.90. The molecular formula is C10H16N2O4S. The number of carbonyl (C=O) groups is 1. The molecule has 0 atom stereocenters. The third-order valence-electron chi connectivity index (χ3n) is 1.60. The first-order valence-corrected chi connectivity index (χ1v) is 6.10. The van der Waals surface area contributed by atoms with Crippen molar-refractivity contribution in [3.63, 3.8) is 0 Å². The molecule has 0 aliphatic carbocycles. The van der Waals surface area contributed by atoms with Crippen molar-refractivity contribution >= 4 is 17.7 Å². The van der Waals surface area contributed by atoms with Crippen LogP contribution in [0, 0.1) is 0 Å². The Kier molecular flexibility index (Phi) is 4.95. The van der Waals surface area contributed by atoms with Crippen molar-refractivity contribution in [2.24, 2.45) is 0 Å². The summed E-state index contributed by atoms with van der Waals surface area (Å²) in [5, 5.41) is 12.2. The molecule has 1 rings (SSSR count). The summed E-state index contributed by atoms with van der Waals surface area (Å²) >= 11 is 1.71. The molecule has 0 unspecified atom stereocenters. The molecule has 7 heteroatoms. The van der Waals surface area contributed by atoms with Gasteiger partial charge in [-0.3, -0.25) is 0 Å². The molecule has 0 fully saturated rings. The van der Waals surface area contributed by atoms with E-state index in [1.54, 1.807) is 11.8 Å². The van der Waals surface area contributed by atoms with Crippen LogP contribution in [0.15, 0.2) is 4.52 Å². The number of hydrogen-bond donors (Lipinski definition) is 1. The first-order chi connectivity index (χ1) is 7.87. The van der Waals surface area contributed by atoms with E-state index in [-0.39, 0.29) is 18.0 Å². The van der Waals surface area contributed by atoms with Crippen molar-refractivity contribution in [3.05, 3.63) is 11.7 Å². The van der Waals surface area contributed by atoms with Crippen LogP contribution >= 0.6 is 11.8 Å². The molecule has 0 radical (unpaired) electrons. The maximum Gasteiger partial charge on any atom is 0.329 e. The van der Waals surface area contributed by atoms with Gasteiger partial charge in [0.1, 0.15) is 13.2 Å². The smallest absolute Gasteiger partial charge is 0.329 e. The highest BCUT2D eigenvalue weighted by atomic mass is 32.2. The van der Waals surface area contributed by atoms with Crippen molar-refractivity contribution in [3.8, 4) is 0 Å². The van der Waals surface area contributed by atoms with Crippen LogP contribution in [0.2, 0.25) is 0 Å². The van der Waals surface area contributed by atoms with Gasteiger partial charge in [0.25, 0.3) is 5.89 Å². The van der Waals surface area contributed by atoms with Crippen molar-refractivity contribution in [2.45, 2.75) is 37.9 Å². The molecular weight excluding hydrogens is 244 g/mol. The van der Waals surface area contributed by atoms with Gasteiger partial charge in [-0.05, 0) is 0 Å². The van der Waals surface area contributed by atoms with E-state index in [4.69, 9.17) is 14.4 Å². The number of thioether (sulfide) groups is 1. The third kappa shape index (κ3) is 6.28. The number of nitrogens with zero attached hydrogens (tertiary/aromatic N) is 2. The zero-order valence-corrected chi connectivity index (χ0v) is 10.9. The fraction of sp³-hybridized carbons (Fsp3) is 0.700. The number of carboxylic acid groups (broad SMARTS) is 1. The summed E-state index contributed by atoms with van der Waals surface area (Å²) in [6.07, 6.45) is 0. The molecule has 0 aliphatic heterocycles. The highest BCUT2D eigenvalue weighted by molar-refractivity contribution is 7.99. The van der Waals surface area contributed by atoms with Crippen LogP contribution in [0.3, 0.4) is 0 Å². The molecule has 96 valence electrons. The molecule has 1 N–H and O–H groups in total. The Morgan fingerprint density at radius 1 is 1.53 bits per heavy atom. The number of rotatable bonds is 6. The quantitative estimate of drug-likeness (QED) is 0.833. The van der Waals surface area contributed by atoms with E-state index in [1.165, 1.54) is 0 Å². The summed E-state index contributed by atoms with van der Waals surface area (Å²) in [5.41, 5.74) is 0. The summed E-state index contributed by atoms with van der Waals surface area (Å²) in [4.78, 5) is 14.3. The summed E-state index contributed by atoms with van der Waals surface area (Å²) in [5.74, 6) is 0.536. The number of ether oxygens (including phenoxy) is 1. The van der Waals surface area contributed by atoms with Gasteiger partial charge in [0.05, 0.1) is 5.75 Å². The molecule has 0 spiro atoms. The predicted molar refractivity (Wildman–Crippen MR) is 62.6 cm³/mol. The monoisotopic (exact) mass is 260 g/mol. The third-order valence-corrected chi connectivity index (χ3v) is 2.86. The highest BCUT2D eigenvalue weighted by Crippen LogP contribution is 2.25. The maximum absolute atomic E-state index is 10.2. The van der Waals surface area contributed by atoms with Crippen molar-refractivity contribution < 1.29 is 19.2 Å². The van der Waals surface area contributed by atoms with E-state index >= 15 is 0 Å². The molecule has 0 aromatic carbocycles. The van der Waals surface area contributed by atoms with Gasteiger partial charge in [-0.2, -0.15) is 4.98 Å². The topological polar surface area (TPSA) is 85.5 Å². The minimum Gasteiger partial charge on any atom is -0.480 e. The number of hydrogen-bond acceptors (Lipinski definition) is 6. The largest absolute Gasteiger partial charge is 0.480 e. The van der Waals surface area contributed by atoms with Crippen LogP contribution in [0.1, 0.15) is 32.5 Å². The van der Waals surface area contributed by atoms with Gasteiger partial charge in [0.2, 0.25) is 0 Å². The van der Waals surface area contributed by atoms with E-state index in [0.717, 1.165) is 0 Å². The van der Waals surface area contributed by atoms with E-state index in [2.05, 4.69) is 30.9 Å². The fourth-order valence-corrected chi connectivity index (χ4v) is 1.59. The van der Waals surface area contributed by atoms with Crippen LogP contribution in [0.4, 0.5) is 0 Å². The zero-order chi connectivity index (χ0) is 12.9. The van der Waals surface area contributed by atoms with Crippen LogP contribution in [-0.4, -0.2) is 32.6 Å². The first kappa shape index (κ1) is 14.0. The van der Waals surface area contributed by atoms with Gasteiger partial charge in [0.15, 0.2) is 5.82 Å². The lowest BCUT2D eigenvalue weighted by atomic mass is 10.3. The number of aliphatic carboxylic acids is 1. The lowest BCUT2D eigenvalue weighted by Crippen LogP contribution is -2.08. The molecule has 1 heterocycles. The average Bonchev–Trinajstić information content (AvgIpc) is 2.61. The van der Waals surface area contributed by atoms with Crippen molar-refractivity contribution in [2.75, 3.05) is 6.61 Å². The maximum atomic E-state index is 10.2.